The number of guanidine groups is 1. The number of ether oxygens (including phenoxy) is 5. The van der Waals surface area contributed by atoms with E-state index in [9.17, 15) is 46.5 Å². The number of carbonyl (C=O) groups excluding carboxylic acids is 7. The molecule has 0 spiro atoms. The molecule has 4 aromatic rings. The largest absolute Gasteiger partial charge is 0.450 e. The van der Waals surface area contributed by atoms with E-state index < -0.39 is 111 Å². The SMILES string of the molecule is CN(Cc1cnn(C[C@@H]2[C@H](NC(=O)/C(=N/OC3(C(=O)OC(c4ccccc4)c4ccccc4)CC3)c3csc(NC(=O)OC(C)(C)C)n3)C(=O)N2S(=O)(=O)O)n1)C(=NC(=O)OC(C)(C)C)N(CCCNC(=O)OC(C)(C)C)C(=O)OC(C)(C)C. The van der Waals surface area contributed by atoms with Gasteiger partial charge in [0.05, 0.1) is 19.3 Å². The van der Waals surface area contributed by atoms with Gasteiger partial charge in [-0.25, -0.2) is 38.2 Å². The van der Waals surface area contributed by atoms with Crippen LogP contribution in [0.25, 0.3) is 0 Å². The quantitative estimate of drug-likeness (QED) is 0.0110. The third-order valence-corrected chi connectivity index (χ3v) is 13.1. The van der Waals surface area contributed by atoms with Crippen LogP contribution in [0.3, 0.4) is 0 Å². The van der Waals surface area contributed by atoms with Crippen molar-refractivity contribution in [2.45, 2.75) is 162 Å². The number of anilines is 1. The summed E-state index contributed by atoms with van der Waals surface area (Å²) in [7, 11) is -3.81. The third kappa shape index (κ3) is 18.9. The molecular weight excluding hydrogens is 1140 g/mol. The summed E-state index contributed by atoms with van der Waals surface area (Å²) in [5.41, 5.74) is -4.73. The Kier molecular flexibility index (Phi) is 20.2. The highest BCUT2D eigenvalue weighted by Gasteiger charge is 2.57. The second-order valence-corrected chi connectivity index (χ2v) is 25.6. The van der Waals surface area contributed by atoms with Crippen LogP contribution in [0.5, 0.6) is 0 Å². The zero-order chi connectivity index (χ0) is 62.2. The topological polar surface area (TPSA) is 343 Å². The van der Waals surface area contributed by atoms with Crippen molar-refractivity contribution in [3.63, 3.8) is 0 Å². The number of nitrogens with zero attached hydrogens (tertiary/aromatic N) is 9. The molecule has 1 aliphatic carbocycles. The van der Waals surface area contributed by atoms with Crippen molar-refractivity contribution >= 4 is 80.6 Å². The number of oxime groups is 1. The van der Waals surface area contributed by atoms with E-state index in [-0.39, 0.29) is 65.7 Å². The standard InChI is InChI=1S/C54H72N12O16S2/c1-50(2,3)78-46(70)55-27-20-28-64(49(73)81-53(10,11)12)45(60-48(72)80-52(7,8)9)63(13)30-35-29-56-65(61-35)31-37-39(42(68)66(37)84(74,75)76)58-41(67)38(36-32-83-44(57-36)59-47(71)79-51(4,5)6)62-82-54(25-26-54)43(69)77-40(33-21-16-14-17-22-33)34-23-18-15-19-24-34/h14-19,21-24,29,32,37,39-40H,20,25-28,30-31H2,1-13H3,(H,55,70)(H,58,67)(H,57,59,71)(H,74,75,76)/b60-45?,62-38+/t37-,39+/m1/s1. The maximum absolute atomic E-state index is 14.5. The van der Waals surface area contributed by atoms with E-state index in [0.717, 1.165) is 21.0 Å². The number of nitrogens with one attached hydrogen (secondary N) is 3. The number of thiazole rings is 1. The Labute approximate surface area is 490 Å². The lowest BCUT2D eigenvalue weighted by Gasteiger charge is -2.43. The molecule has 84 heavy (non-hydrogen) atoms. The Morgan fingerprint density at radius 2 is 1.40 bits per heavy atom. The summed E-state index contributed by atoms with van der Waals surface area (Å²) in [5.74, 6) is -3.50. The third-order valence-electron chi connectivity index (χ3n) is 11.4. The van der Waals surface area contributed by atoms with E-state index in [4.69, 9.17) is 28.5 Å². The number of β-lactam (4-membered cyclic amide) rings is 1. The normalized spacial score (nSPS) is 16.4. The fourth-order valence-electron chi connectivity index (χ4n) is 7.79. The zero-order valence-electron chi connectivity index (χ0n) is 49.0. The highest BCUT2D eigenvalue weighted by Crippen LogP contribution is 2.43. The van der Waals surface area contributed by atoms with Crippen LogP contribution in [0.2, 0.25) is 0 Å². The summed E-state index contributed by atoms with van der Waals surface area (Å²) < 4.78 is 63.8. The van der Waals surface area contributed by atoms with E-state index >= 15 is 0 Å². The lowest BCUT2D eigenvalue weighted by Crippen LogP contribution is -2.73. The van der Waals surface area contributed by atoms with Crippen molar-refractivity contribution in [1.29, 1.82) is 0 Å². The highest BCUT2D eigenvalue weighted by molar-refractivity contribution is 7.84. The summed E-state index contributed by atoms with van der Waals surface area (Å²) >= 11 is 0.862. The van der Waals surface area contributed by atoms with Gasteiger partial charge in [0.1, 0.15) is 45.9 Å². The van der Waals surface area contributed by atoms with Crippen molar-refractivity contribution in [1.82, 2.24) is 44.7 Å². The van der Waals surface area contributed by atoms with Gasteiger partial charge in [0, 0.05) is 38.4 Å². The lowest BCUT2D eigenvalue weighted by atomic mass is 9.98. The van der Waals surface area contributed by atoms with Crippen molar-refractivity contribution in [3.8, 4) is 0 Å². The van der Waals surface area contributed by atoms with Crippen molar-refractivity contribution < 1.29 is 75.1 Å². The molecule has 1 saturated heterocycles. The van der Waals surface area contributed by atoms with Gasteiger partial charge in [-0.2, -0.15) is 23.4 Å². The number of benzene rings is 2. The second kappa shape index (κ2) is 26.1. The summed E-state index contributed by atoms with van der Waals surface area (Å²) in [5, 5.41) is 21.6. The molecular formula is C54H72N12O16S2. The first-order valence-corrected chi connectivity index (χ1v) is 28.8. The van der Waals surface area contributed by atoms with Gasteiger partial charge >= 0.3 is 40.6 Å². The molecule has 1 saturated carbocycles. The van der Waals surface area contributed by atoms with Gasteiger partial charge in [0.15, 0.2) is 16.9 Å². The van der Waals surface area contributed by atoms with Crippen LogP contribution in [0, 0.1) is 0 Å². The average molecular weight is 1210 g/mol. The minimum absolute atomic E-state index is 0.0291. The van der Waals surface area contributed by atoms with Gasteiger partial charge < -0.3 is 44.1 Å². The average Bonchev–Trinajstić information content (AvgIpc) is 3.10. The molecule has 2 aromatic carbocycles. The van der Waals surface area contributed by atoms with Gasteiger partial charge in [-0.05, 0) is 101 Å². The van der Waals surface area contributed by atoms with E-state index in [1.807, 2.05) is 12.1 Å². The molecule has 6 rings (SSSR count). The van der Waals surface area contributed by atoms with Crippen molar-refractivity contribution in [2.75, 3.05) is 25.5 Å². The molecule has 0 unspecified atom stereocenters. The number of aliphatic imine (C=N–C) groups is 1. The van der Waals surface area contributed by atoms with Gasteiger partial charge in [-0.3, -0.25) is 19.5 Å². The molecule has 2 fully saturated rings. The van der Waals surface area contributed by atoms with Gasteiger partial charge in [0.2, 0.25) is 11.6 Å². The number of amides is 6. The first-order valence-electron chi connectivity index (χ1n) is 26.5. The lowest BCUT2D eigenvalue weighted by molar-refractivity contribution is -0.164. The van der Waals surface area contributed by atoms with Crippen LogP contribution in [0.4, 0.5) is 24.3 Å². The molecule has 2 atom stereocenters. The predicted octanol–water partition coefficient (Wildman–Crippen LogP) is 6.74. The van der Waals surface area contributed by atoms with E-state index in [2.05, 4.69) is 41.3 Å². The molecule has 30 heteroatoms. The Hall–Kier alpha value is -8.25. The first kappa shape index (κ1) is 64.9. The Balaban J connectivity index is 1.26. The molecule has 28 nitrogen and oxygen atoms in total. The predicted molar refractivity (Wildman–Crippen MR) is 303 cm³/mol. The summed E-state index contributed by atoms with van der Waals surface area (Å²) in [4.78, 5) is 112. The molecule has 0 radical (unpaired) electrons. The van der Waals surface area contributed by atoms with Crippen LogP contribution in [-0.2, 0) is 66.3 Å². The fourth-order valence-corrected chi connectivity index (χ4v) is 9.34. The number of carbonyl (C=O) groups is 7. The number of alkyl carbamates (subject to hydrolysis) is 1. The molecule has 3 heterocycles. The molecule has 2 aromatic heterocycles. The molecule has 0 bridgehead atoms. The van der Waals surface area contributed by atoms with Gasteiger partial charge in [-0.15, -0.1) is 16.3 Å². The molecule has 4 N–H and O–H groups in total. The van der Waals surface area contributed by atoms with Crippen LogP contribution in [0.15, 0.2) is 82.4 Å². The number of aromatic nitrogens is 4. The monoisotopic (exact) mass is 1210 g/mol. The van der Waals surface area contributed by atoms with E-state index in [0.29, 0.717) is 11.1 Å². The van der Waals surface area contributed by atoms with Crippen LogP contribution < -0.4 is 16.0 Å². The summed E-state index contributed by atoms with van der Waals surface area (Å²) in [6, 6.07) is 14.7. The van der Waals surface area contributed by atoms with Crippen molar-refractivity contribution in [3.05, 3.63) is 94.8 Å². The van der Waals surface area contributed by atoms with Crippen LogP contribution >= 0.6 is 11.3 Å². The maximum atomic E-state index is 14.5. The van der Waals surface area contributed by atoms with Crippen LogP contribution in [-0.4, -0.2) is 161 Å². The number of hydrogen-bond donors (Lipinski definition) is 4. The smallest absolute Gasteiger partial charge is 0.437 e. The van der Waals surface area contributed by atoms with E-state index in [1.54, 1.807) is 132 Å². The summed E-state index contributed by atoms with van der Waals surface area (Å²) in [6.07, 6.45) is -2.79. The summed E-state index contributed by atoms with van der Waals surface area (Å²) in [6.45, 7) is 18.9. The minimum Gasteiger partial charge on any atom is -0.450 e. The molecule has 6 amide bonds. The van der Waals surface area contributed by atoms with Gasteiger partial charge in [0.25, 0.3) is 11.8 Å². The Bertz CT molecular complexity index is 3170. The van der Waals surface area contributed by atoms with Crippen molar-refractivity contribution in [2.24, 2.45) is 10.1 Å². The Morgan fingerprint density at radius 3 is 1.95 bits per heavy atom. The maximum Gasteiger partial charge on any atom is 0.437 e. The number of rotatable bonds is 19. The number of hydrogen-bond acceptors (Lipinski definition) is 20. The van der Waals surface area contributed by atoms with Gasteiger partial charge in [-0.1, -0.05) is 65.8 Å². The fraction of sp³-hybridized carbons (Fsp3) is 0.519. The van der Waals surface area contributed by atoms with Crippen LogP contribution in [0.1, 0.15) is 131 Å². The minimum atomic E-state index is -5.28. The number of esters is 1. The Morgan fingerprint density at radius 1 is 0.833 bits per heavy atom. The zero-order valence-corrected chi connectivity index (χ0v) is 50.7. The second-order valence-electron chi connectivity index (χ2n) is 23.5. The molecule has 456 valence electrons. The highest BCUT2D eigenvalue weighted by atomic mass is 32.2. The molecule has 1 aliphatic heterocycles. The van der Waals surface area contributed by atoms with E-state index in [1.165, 1.54) is 23.5 Å². The first-order chi connectivity index (χ1) is 39.0. The molecule has 2 aliphatic rings.